The molecule has 7 heteroatoms. The molecular formula is C11H6ClN3O3. The van der Waals surface area contributed by atoms with Crippen LogP contribution in [0.25, 0.3) is 11.5 Å². The molecule has 90 valence electrons. The van der Waals surface area contributed by atoms with Crippen molar-refractivity contribution in [3.63, 3.8) is 0 Å². The van der Waals surface area contributed by atoms with Crippen molar-refractivity contribution in [2.24, 2.45) is 0 Å². The minimum Gasteiger partial charge on any atom is -0.431 e. The third kappa shape index (κ3) is 1.54. The Hall–Kier alpha value is -2.34. The van der Waals surface area contributed by atoms with Crippen LogP contribution in [0.4, 0.5) is 0 Å². The first-order valence-corrected chi connectivity index (χ1v) is 5.39. The van der Waals surface area contributed by atoms with E-state index in [1.54, 1.807) is 24.3 Å². The number of aromatic nitrogens is 3. The Morgan fingerprint density at radius 1 is 1.17 bits per heavy atom. The summed E-state index contributed by atoms with van der Waals surface area (Å²) in [5, 5.41) is 0.518. The Bertz CT molecular complexity index is 829. The molecule has 0 aliphatic carbocycles. The van der Waals surface area contributed by atoms with E-state index >= 15 is 0 Å². The van der Waals surface area contributed by atoms with Gasteiger partial charge in [0.1, 0.15) is 6.26 Å². The molecule has 0 unspecified atom stereocenters. The van der Waals surface area contributed by atoms with Gasteiger partial charge in [-0.15, -0.1) is 4.98 Å². The molecule has 0 amide bonds. The van der Waals surface area contributed by atoms with E-state index in [9.17, 15) is 9.59 Å². The normalized spacial score (nSPS) is 10.9. The summed E-state index contributed by atoms with van der Waals surface area (Å²) in [6, 6.07) is 6.32. The first kappa shape index (κ1) is 10.8. The number of hydrogen-bond acceptors (Lipinski definition) is 4. The van der Waals surface area contributed by atoms with E-state index in [2.05, 4.69) is 4.98 Å². The predicted octanol–water partition coefficient (Wildman–Crippen LogP) is 1.09. The largest absolute Gasteiger partial charge is 0.431 e. The highest BCUT2D eigenvalue weighted by atomic mass is 35.5. The van der Waals surface area contributed by atoms with Crippen LogP contribution in [0, 0.1) is 0 Å². The molecule has 0 saturated heterocycles. The van der Waals surface area contributed by atoms with Gasteiger partial charge in [0.15, 0.2) is 0 Å². The van der Waals surface area contributed by atoms with Gasteiger partial charge in [0, 0.05) is 5.02 Å². The zero-order valence-electron chi connectivity index (χ0n) is 8.91. The Balaban J connectivity index is 2.38. The topological polar surface area (TPSA) is 69.5 Å². The molecule has 0 atom stereocenters. The molecule has 0 bridgehead atoms. The lowest BCUT2D eigenvalue weighted by atomic mass is 10.3. The molecule has 3 aromatic rings. The lowest BCUT2D eigenvalue weighted by molar-refractivity contribution is 0.579. The molecule has 0 N–H and O–H groups in total. The average molecular weight is 264 g/mol. The van der Waals surface area contributed by atoms with Crippen LogP contribution in [0.1, 0.15) is 0 Å². The van der Waals surface area contributed by atoms with Crippen molar-refractivity contribution in [1.82, 2.24) is 14.0 Å². The van der Waals surface area contributed by atoms with Crippen molar-refractivity contribution < 1.29 is 4.42 Å². The SMILES string of the molecule is O=c1nc2occn2c(=O)n1-c1ccc(Cl)cc1. The molecule has 2 aromatic heterocycles. The van der Waals surface area contributed by atoms with E-state index in [0.717, 1.165) is 8.97 Å². The molecule has 6 nitrogen and oxygen atoms in total. The molecule has 1 aromatic carbocycles. The third-order valence-electron chi connectivity index (χ3n) is 2.45. The number of rotatable bonds is 1. The van der Waals surface area contributed by atoms with Gasteiger partial charge >= 0.3 is 17.2 Å². The van der Waals surface area contributed by atoms with Gasteiger partial charge in [-0.2, -0.15) is 0 Å². The van der Waals surface area contributed by atoms with E-state index in [0.29, 0.717) is 10.7 Å². The Morgan fingerprint density at radius 3 is 2.61 bits per heavy atom. The van der Waals surface area contributed by atoms with Crippen LogP contribution in [-0.2, 0) is 0 Å². The maximum atomic E-state index is 12.1. The Labute approximate surface area is 105 Å². The number of oxazole rings is 1. The lowest BCUT2D eigenvalue weighted by Crippen LogP contribution is -2.37. The van der Waals surface area contributed by atoms with Crippen LogP contribution < -0.4 is 11.4 Å². The molecule has 0 radical (unpaired) electrons. The van der Waals surface area contributed by atoms with Gasteiger partial charge in [0.2, 0.25) is 0 Å². The van der Waals surface area contributed by atoms with Crippen molar-refractivity contribution in [3.05, 3.63) is 62.7 Å². The fourth-order valence-electron chi connectivity index (χ4n) is 1.63. The summed E-state index contributed by atoms with van der Waals surface area (Å²) in [5.74, 6) is -0.0322. The fourth-order valence-corrected chi connectivity index (χ4v) is 1.76. The predicted molar refractivity (Wildman–Crippen MR) is 64.3 cm³/mol. The third-order valence-corrected chi connectivity index (χ3v) is 2.71. The van der Waals surface area contributed by atoms with Crippen molar-refractivity contribution in [1.29, 1.82) is 0 Å². The van der Waals surface area contributed by atoms with Crippen LogP contribution in [0.3, 0.4) is 0 Å². The molecule has 2 heterocycles. The van der Waals surface area contributed by atoms with Gasteiger partial charge in [0.05, 0.1) is 11.9 Å². The minimum atomic E-state index is -0.697. The van der Waals surface area contributed by atoms with E-state index in [1.807, 2.05) is 0 Å². The Kier molecular flexibility index (Phi) is 2.31. The maximum absolute atomic E-state index is 12.1. The second-order valence-electron chi connectivity index (χ2n) is 3.54. The molecule has 18 heavy (non-hydrogen) atoms. The van der Waals surface area contributed by atoms with Crippen molar-refractivity contribution in [3.8, 4) is 5.69 Å². The monoisotopic (exact) mass is 263 g/mol. The van der Waals surface area contributed by atoms with E-state index in [-0.39, 0.29) is 5.84 Å². The molecule has 0 fully saturated rings. The number of hydrogen-bond donors (Lipinski definition) is 0. The van der Waals surface area contributed by atoms with Gasteiger partial charge in [0.25, 0.3) is 0 Å². The van der Waals surface area contributed by atoms with E-state index in [1.165, 1.54) is 12.5 Å². The van der Waals surface area contributed by atoms with Gasteiger partial charge in [-0.1, -0.05) is 11.6 Å². The second kappa shape index (κ2) is 3.85. The quantitative estimate of drug-likeness (QED) is 0.659. The lowest BCUT2D eigenvalue weighted by Gasteiger charge is -2.03. The summed E-state index contributed by atoms with van der Waals surface area (Å²) in [4.78, 5) is 27.5. The van der Waals surface area contributed by atoms with Crippen LogP contribution in [0.15, 0.2) is 50.7 Å². The number of halogens is 1. The number of benzene rings is 1. The van der Waals surface area contributed by atoms with E-state index in [4.69, 9.17) is 16.0 Å². The average Bonchev–Trinajstić information content (AvgIpc) is 2.80. The zero-order chi connectivity index (χ0) is 12.7. The first-order valence-electron chi connectivity index (χ1n) is 5.02. The van der Waals surface area contributed by atoms with Crippen LogP contribution >= 0.6 is 11.6 Å². The van der Waals surface area contributed by atoms with Gasteiger partial charge < -0.3 is 4.42 Å². The molecule has 0 aliphatic rings. The molecule has 0 spiro atoms. The van der Waals surface area contributed by atoms with Gasteiger partial charge in [-0.25, -0.2) is 18.6 Å². The minimum absolute atomic E-state index is 0.0322. The number of fused-ring (bicyclic) bond motifs is 1. The smallest absolute Gasteiger partial charge is 0.360 e. The standard InChI is InChI=1S/C11H6ClN3O3/c12-7-1-3-8(4-2-7)15-9(16)13-10-14(11(15)17)5-6-18-10/h1-6H. The Morgan fingerprint density at radius 2 is 1.89 bits per heavy atom. The summed E-state index contributed by atoms with van der Waals surface area (Å²) < 4.78 is 7.00. The van der Waals surface area contributed by atoms with Gasteiger partial charge in [-0.05, 0) is 24.3 Å². The van der Waals surface area contributed by atoms with Crippen LogP contribution in [-0.4, -0.2) is 14.0 Å². The number of nitrogens with zero attached hydrogens (tertiary/aromatic N) is 3. The molecular weight excluding hydrogens is 258 g/mol. The highest BCUT2D eigenvalue weighted by molar-refractivity contribution is 6.30. The van der Waals surface area contributed by atoms with Crippen molar-refractivity contribution in [2.45, 2.75) is 0 Å². The first-order chi connectivity index (χ1) is 8.66. The zero-order valence-corrected chi connectivity index (χ0v) is 9.66. The highest BCUT2D eigenvalue weighted by Crippen LogP contribution is 2.10. The summed E-state index contributed by atoms with van der Waals surface area (Å²) in [7, 11) is 0. The van der Waals surface area contributed by atoms with Crippen molar-refractivity contribution >= 4 is 17.4 Å². The second-order valence-corrected chi connectivity index (χ2v) is 3.98. The molecule has 3 rings (SSSR count). The van der Waals surface area contributed by atoms with Crippen LogP contribution in [0.2, 0.25) is 5.02 Å². The summed E-state index contributed by atoms with van der Waals surface area (Å²) in [6.45, 7) is 0. The fraction of sp³-hybridized carbons (Fsp3) is 0. The van der Waals surface area contributed by atoms with Crippen LogP contribution in [0.5, 0.6) is 0 Å². The molecule has 0 saturated carbocycles. The van der Waals surface area contributed by atoms with Crippen molar-refractivity contribution in [2.75, 3.05) is 0 Å². The molecule has 0 aliphatic heterocycles. The van der Waals surface area contributed by atoms with E-state index < -0.39 is 11.4 Å². The van der Waals surface area contributed by atoms with Gasteiger partial charge in [-0.3, -0.25) is 0 Å². The summed E-state index contributed by atoms with van der Waals surface area (Å²) >= 11 is 5.75. The maximum Gasteiger partial charge on any atom is 0.360 e. The highest BCUT2D eigenvalue weighted by Gasteiger charge is 2.10. The summed E-state index contributed by atoms with van der Waals surface area (Å²) in [6.07, 6.45) is 2.69. The summed E-state index contributed by atoms with van der Waals surface area (Å²) in [5.41, 5.74) is -0.837.